The normalized spacial score (nSPS) is 12.9. The number of nitrogens with two attached hydrogens (primary N) is 1. The Labute approximate surface area is 91.0 Å². The van der Waals surface area contributed by atoms with Crippen molar-refractivity contribution >= 4 is 17.4 Å². The van der Waals surface area contributed by atoms with E-state index in [-0.39, 0.29) is 21.9 Å². The Balaban J connectivity index is 3.08. The fraction of sp³-hybridized carbons (Fsp3) is 0.300. The third kappa shape index (κ3) is 2.73. The second-order valence-corrected chi connectivity index (χ2v) is 3.60. The number of carbonyl (C=O) groups excluding carboxylic acids is 1. The summed E-state index contributed by atoms with van der Waals surface area (Å²) in [6, 6.07) is 2.84. The van der Waals surface area contributed by atoms with Crippen LogP contribution in [-0.2, 0) is 0 Å². The minimum absolute atomic E-state index is 0.00935. The van der Waals surface area contributed by atoms with E-state index in [0.717, 1.165) is 6.07 Å². The van der Waals surface area contributed by atoms with Gasteiger partial charge in [0.2, 0.25) is 0 Å². The van der Waals surface area contributed by atoms with Crippen LogP contribution in [0.3, 0.4) is 0 Å². The van der Waals surface area contributed by atoms with Gasteiger partial charge in [0, 0.05) is 11.1 Å². The highest BCUT2D eigenvalue weighted by Crippen LogP contribution is 2.25. The number of rotatable bonds is 3. The molecule has 1 rings (SSSR count). The lowest BCUT2D eigenvalue weighted by molar-refractivity contribution is 0.0967. The number of carbonyl (C=O) groups is 1. The number of hydrogen-bond acceptors (Lipinski definition) is 2. The van der Waals surface area contributed by atoms with Crippen LogP contribution in [0.2, 0.25) is 5.02 Å². The van der Waals surface area contributed by atoms with E-state index in [2.05, 4.69) is 0 Å². The number of ketones is 1. The number of Topliss-reactive ketones (excluding diaryl/α,β-unsaturated/α-hetero) is 1. The van der Waals surface area contributed by atoms with Crippen LogP contribution in [0.4, 0.5) is 8.78 Å². The van der Waals surface area contributed by atoms with Gasteiger partial charge >= 0.3 is 0 Å². The maximum atomic E-state index is 12.3. The van der Waals surface area contributed by atoms with Crippen molar-refractivity contribution in [2.24, 2.45) is 5.73 Å². The summed E-state index contributed by atoms with van der Waals surface area (Å²) in [7, 11) is 0. The number of benzene rings is 1. The molecule has 2 N–H and O–H groups in total. The first-order chi connectivity index (χ1) is 6.93. The van der Waals surface area contributed by atoms with E-state index in [1.54, 1.807) is 0 Å². The highest BCUT2D eigenvalue weighted by atomic mass is 35.5. The summed E-state index contributed by atoms with van der Waals surface area (Å²) in [5.74, 6) is -0.360. The molecule has 0 saturated heterocycles. The Hall–Kier alpha value is -1.00. The van der Waals surface area contributed by atoms with Crippen molar-refractivity contribution in [2.45, 2.75) is 19.4 Å². The van der Waals surface area contributed by atoms with Gasteiger partial charge in [0.25, 0.3) is 6.43 Å². The lowest BCUT2D eigenvalue weighted by atomic mass is 10.0. The Morgan fingerprint density at radius 1 is 1.47 bits per heavy atom. The summed E-state index contributed by atoms with van der Waals surface area (Å²) >= 11 is 5.70. The van der Waals surface area contributed by atoms with Gasteiger partial charge in [0.05, 0.1) is 11.1 Å². The van der Waals surface area contributed by atoms with E-state index in [0.29, 0.717) is 0 Å². The maximum absolute atomic E-state index is 12.3. The Bertz CT molecular complexity index is 380. The molecule has 0 aliphatic carbocycles. The second-order valence-electron chi connectivity index (χ2n) is 3.19. The first-order valence-electron chi connectivity index (χ1n) is 4.31. The van der Waals surface area contributed by atoms with Crippen molar-refractivity contribution in [3.05, 3.63) is 34.3 Å². The molecule has 0 fully saturated rings. The van der Waals surface area contributed by atoms with Gasteiger partial charge in [-0.25, -0.2) is 8.78 Å². The van der Waals surface area contributed by atoms with E-state index in [4.69, 9.17) is 17.3 Å². The Morgan fingerprint density at radius 2 is 2.07 bits per heavy atom. The number of alkyl halides is 2. The molecular formula is C10H10ClF2NO. The first kappa shape index (κ1) is 12.1. The van der Waals surface area contributed by atoms with Crippen molar-refractivity contribution in [2.75, 3.05) is 0 Å². The van der Waals surface area contributed by atoms with E-state index in [1.807, 2.05) is 0 Å². The summed E-state index contributed by atoms with van der Waals surface area (Å²) in [5.41, 5.74) is 5.35. The molecule has 0 amide bonds. The zero-order valence-corrected chi connectivity index (χ0v) is 8.76. The molecule has 2 nitrogen and oxygen atoms in total. The fourth-order valence-corrected chi connectivity index (χ4v) is 1.39. The van der Waals surface area contributed by atoms with Crippen LogP contribution in [0.15, 0.2) is 18.2 Å². The number of halogens is 3. The lowest BCUT2D eigenvalue weighted by Crippen LogP contribution is -2.26. The van der Waals surface area contributed by atoms with E-state index in [9.17, 15) is 13.6 Å². The average Bonchev–Trinajstić information content (AvgIpc) is 2.16. The Morgan fingerprint density at radius 3 is 2.47 bits per heavy atom. The summed E-state index contributed by atoms with van der Waals surface area (Å²) in [6.07, 6.45) is -2.60. The molecule has 0 aliphatic rings. The lowest BCUT2D eigenvalue weighted by Gasteiger charge is -2.08. The van der Waals surface area contributed by atoms with Crippen LogP contribution in [0.1, 0.15) is 29.3 Å². The zero-order valence-electron chi connectivity index (χ0n) is 8.01. The summed E-state index contributed by atoms with van der Waals surface area (Å²) in [6.45, 7) is 1.51. The molecule has 1 aromatic carbocycles. The standard InChI is InChI=1S/C10H10ClF2NO/c1-5(14)9(15)7-3-2-6(10(12)13)4-8(7)11/h2-5,10H,14H2,1H3. The van der Waals surface area contributed by atoms with Crippen molar-refractivity contribution in [1.82, 2.24) is 0 Å². The average molecular weight is 234 g/mol. The largest absolute Gasteiger partial charge is 0.321 e. The van der Waals surface area contributed by atoms with E-state index < -0.39 is 12.5 Å². The van der Waals surface area contributed by atoms with Crippen molar-refractivity contribution in [3.8, 4) is 0 Å². The van der Waals surface area contributed by atoms with Gasteiger partial charge in [-0.2, -0.15) is 0 Å². The van der Waals surface area contributed by atoms with Crippen LogP contribution in [-0.4, -0.2) is 11.8 Å². The minimum atomic E-state index is -2.60. The molecule has 0 spiro atoms. The molecule has 0 aliphatic heterocycles. The predicted molar refractivity (Wildman–Crippen MR) is 54.4 cm³/mol. The smallest absolute Gasteiger partial charge is 0.263 e. The van der Waals surface area contributed by atoms with Crippen molar-refractivity contribution in [3.63, 3.8) is 0 Å². The summed E-state index contributed by atoms with van der Waals surface area (Å²) in [4.78, 5) is 11.4. The molecule has 0 saturated carbocycles. The Kier molecular flexibility index (Phi) is 3.77. The fourth-order valence-electron chi connectivity index (χ4n) is 1.11. The monoisotopic (exact) mass is 233 g/mol. The summed E-state index contributed by atoms with van der Waals surface area (Å²) < 4.78 is 24.5. The number of hydrogen-bond donors (Lipinski definition) is 1. The van der Waals surface area contributed by atoms with Crippen LogP contribution in [0, 0.1) is 0 Å². The third-order valence-corrected chi connectivity index (χ3v) is 2.24. The van der Waals surface area contributed by atoms with Gasteiger partial charge in [0.15, 0.2) is 5.78 Å². The van der Waals surface area contributed by atoms with Gasteiger partial charge in [-0.1, -0.05) is 17.7 Å². The molecule has 1 atom stereocenters. The van der Waals surface area contributed by atoms with Crippen molar-refractivity contribution in [1.29, 1.82) is 0 Å². The molecule has 0 bridgehead atoms. The van der Waals surface area contributed by atoms with E-state index >= 15 is 0 Å². The molecule has 0 aromatic heterocycles. The molecule has 15 heavy (non-hydrogen) atoms. The van der Waals surface area contributed by atoms with Gasteiger partial charge in [-0.3, -0.25) is 4.79 Å². The topological polar surface area (TPSA) is 43.1 Å². The van der Waals surface area contributed by atoms with Crippen LogP contribution >= 0.6 is 11.6 Å². The van der Waals surface area contributed by atoms with Gasteiger partial charge < -0.3 is 5.73 Å². The highest BCUT2D eigenvalue weighted by molar-refractivity contribution is 6.34. The van der Waals surface area contributed by atoms with Crippen LogP contribution < -0.4 is 5.73 Å². The highest BCUT2D eigenvalue weighted by Gasteiger charge is 2.16. The van der Waals surface area contributed by atoms with Crippen LogP contribution in [0.5, 0.6) is 0 Å². The molecule has 1 aromatic rings. The van der Waals surface area contributed by atoms with Crippen LogP contribution in [0.25, 0.3) is 0 Å². The quantitative estimate of drug-likeness (QED) is 0.816. The van der Waals surface area contributed by atoms with Gasteiger partial charge in [-0.15, -0.1) is 0 Å². The predicted octanol–water partition coefficient (Wildman–Crippen LogP) is 2.81. The van der Waals surface area contributed by atoms with E-state index in [1.165, 1.54) is 19.1 Å². The first-order valence-corrected chi connectivity index (χ1v) is 4.68. The van der Waals surface area contributed by atoms with Gasteiger partial charge in [-0.05, 0) is 19.1 Å². The minimum Gasteiger partial charge on any atom is -0.321 e. The maximum Gasteiger partial charge on any atom is 0.263 e. The molecule has 82 valence electrons. The molecule has 0 radical (unpaired) electrons. The molecule has 5 heteroatoms. The van der Waals surface area contributed by atoms with Gasteiger partial charge in [0.1, 0.15) is 0 Å². The molecule has 1 unspecified atom stereocenters. The summed E-state index contributed by atoms with van der Waals surface area (Å²) in [5, 5.41) is 0.00935. The van der Waals surface area contributed by atoms with Crippen molar-refractivity contribution < 1.29 is 13.6 Å². The SMILES string of the molecule is CC(N)C(=O)c1ccc(C(F)F)cc1Cl. The molecular weight excluding hydrogens is 224 g/mol. The third-order valence-electron chi connectivity index (χ3n) is 1.92. The second kappa shape index (κ2) is 4.68. The zero-order chi connectivity index (χ0) is 11.6. The molecule has 0 heterocycles.